The predicted molar refractivity (Wildman–Crippen MR) is 239 cm³/mol. The van der Waals surface area contributed by atoms with E-state index in [1.165, 1.54) is 50.1 Å². The highest BCUT2D eigenvalue weighted by Crippen LogP contribution is 2.57. The first-order valence-corrected chi connectivity index (χ1v) is 20.7. The fourth-order valence-corrected chi connectivity index (χ4v) is 10.5. The molecule has 6 aromatic rings. The molecular formula is C53H42N5-. The molecule has 58 heavy (non-hydrogen) atoms. The van der Waals surface area contributed by atoms with Crippen LogP contribution in [-0.4, -0.2) is 24.0 Å². The zero-order valence-electron chi connectivity index (χ0n) is 32.0. The van der Waals surface area contributed by atoms with E-state index in [0.29, 0.717) is 6.04 Å². The van der Waals surface area contributed by atoms with E-state index >= 15 is 0 Å². The summed E-state index contributed by atoms with van der Waals surface area (Å²) in [5.74, 6) is 1.29. The highest BCUT2D eigenvalue weighted by molar-refractivity contribution is 6.09. The Bertz CT molecular complexity index is 2780. The molecule has 0 bridgehead atoms. The summed E-state index contributed by atoms with van der Waals surface area (Å²) in [7, 11) is 0. The third kappa shape index (κ3) is 5.23. The van der Waals surface area contributed by atoms with E-state index < -0.39 is 0 Å². The minimum absolute atomic E-state index is 0.161. The second kappa shape index (κ2) is 13.5. The van der Waals surface area contributed by atoms with Gasteiger partial charge in [0.05, 0.1) is 18.1 Å². The van der Waals surface area contributed by atoms with Crippen molar-refractivity contribution < 1.29 is 0 Å². The van der Waals surface area contributed by atoms with Gasteiger partial charge in [-0.05, 0) is 62.9 Å². The zero-order valence-corrected chi connectivity index (χ0v) is 32.0. The maximum atomic E-state index is 5.30. The molecule has 3 heterocycles. The van der Waals surface area contributed by atoms with Crippen molar-refractivity contribution in [2.75, 3.05) is 9.80 Å². The number of hydrogen-bond acceptors (Lipinski definition) is 4. The maximum absolute atomic E-state index is 5.30. The summed E-state index contributed by atoms with van der Waals surface area (Å²) in [5, 5.41) is 11.4. The molecule has 6 aliphatic rings. The Hall–Kier alpha value is -6.69. The lowest BCUT2D eigenvalue weighted by molar-refractivity contribution is 0.491. The molecule has 5 nitrogen and oxygen atoms in total. The molecule has 7 unspecified atom stereocenters. The standard InChI is InChI=1S/C53H42N5/c1-4-17-35(18-5-1)51-54-52(36-19-6-2-7-20-36)56-53(55-51)42-29-31-46(40-25-13-12-24-39(40)42)58-45-27-15-14-26-41(45)43-32-44-49(33-48(43)58)57(37-21-8-3-9-22-37)47-30-28-34-16-10-11-23-38(34)50(44)47/h1-21,23-33,37,41,45,47,50-51,53,55H,22H2/q-1. The van der Waals surface area contributed by atoms with Crippen LogP contribution >= 0.6 is 0 Å². The Morgan fingerprint density at radius 3 is 2.22 bits per heavy atom. The molecule has 1 N–H and O–H groups in total. The van der Waals surface area contributed by atoms with Crippen molar-refractivity contribution in [3.63, 3.8) is 0 Å². The number of rotatable bonds is 5. The highest BCUT2D eigenvalue weighted by atomic mass is 15.3. The van der Waals surface area contributed by atoms with E-state index in [0.717, 1.165) is 28.9 Å². The molecule has 0 saturated heterocycles. The van der Waals surface area contributed by atoms with Gasteiger partial charge in [0.15, 0.2) is 0 Å². The van der Waals surface area contributed by atoms with Gasteiger partial charge in [-0.15, -0.1) is 0 Å². The van der Waals surface area contributed by atoms with Crippen molar-refractivity contribution in [2.45, 2.75) is 48.7 Å². The van der Waals surface area contributed by atoms with Crippen LogP contribution < -0.4 is 15.1 Å². The van der Waals surface area contributed by atoms with Crippen molar-refractivity contribution in [1.82, 2.24) is 5.32 Å². The molecule has 0 fully saturated rings. The number of nitrogens with one attached hydrogen (secondary N) is 1. The van der Waals surface area contributed by atoms with Gasteiger partial charge < -0.3 is 25.4 Å². The second-order valence-corrected chi connectivity index (χ2v) is 16.2. The Morgan fingerprint density at radius 2 is 1.36 bits per heavy atom. The van der Waals surface area contributed by atoms with Crippen LogP contribution in [0.25, 0.3) is 22.2 Å². The zero-order chi connectivity index (χ0) is 38.2. The van der Waals surface area contributed by atoms with Gasteiger partial charge in [0.25, 0.3) is 0 Å². The van der Waals surface area contributed by atoms with Gasteiger partial charge in [0.1, 0.15) is 0 Å². The highest BCUT2D eigenvalue weighted by Gasteiger charge is 2.46. The van der Waals surface area contributed by atoms with Crippen LogP contribution in [-0.2, 0) is 0 Å². The third-order valence-corrected chi connectivity index (χ3v) is 13.0. The first kappa shape index (κ1) is 33.4. The largest absolute Gasteiger partial charge is 0.445 e. The Labute approximate surface area is 339 Å². The fraction of sp³-hybridized carbons (Fsp3) is 0.151. The van der Waals surface area contributed by atoms with Gasteiger partial charge in [-0.3, -0.25) is 0 Å². The van der Waals surface area contributed by atoms with E-state index in [1.54, 1.807) is 0 Å². The lowest BCUT2D eigenvalue weighted by Gasteiger charge is -2.41. The first-order chi connectivity index (χ1) is 28.8. The van der Waals surface area contributed by atoms with E-state index in [9.17, 15) is 0 Å². The molecule has 0 amide bonds. The van der Waals surface area contributed by atoms with Gasteiger partial charge in [-0.2, -0.15) is 0 Å². The Kier molecular flexibility index (Phi) is 7.77. The summed E-state index contributed by atoms with van der Waals surface area (Å²) < 4.78 is 0. The lowest BCUT2D eigenvalue weighted by Crippen LogP contribution is -2.41. The van der Waals surface area contributed by atoms with E-state index in [-0.39, 0.29) is 36.3 Å². The molecule has 12 rings (SSSR count). The van der Waals surface area contributed by atoms with Crippen molar-refractivity contribution in [3.8, 4) is 0 Å². The van der Waals surface area contributed by atoms with Crippen LogP contribution in [0.4, 0.5) is 17.1 Å². The van der Waals surface area contributed by atoms with Crippen molar-refractivity contribution in [3.05, 3.63) is 232 Å². The number of anilines is 3. The van der Waals surface area contributed by atoms with E-state index in [4.69, 9.17) is 10.3 Å². The molecule has 0 spiro atoms. The first-order valence-electron chi connectivity index (χ1n) is 20.7. The molecule has 0 radical (unpaired) electrons. The maximum Gasteiger partial charge on any atom is 0.0629 e. The molecule has 3 aliphatic carbocycles. The van der Waals surface area contributed by atoms with Crippen LogP contribution in [0.15, 0.2) is 193 Å². The summed E-state index contributed by atoms with van der Waals surface area (Å²) >= 11 is 0. The van der Waals surface area contributed by atoms with Crippen LogP contribution in [0.1, 0.15) is 69.5 Å². The molecule has 6 aromatic carbocycles. The van der Waals surface area contributed by atoms with Crippen molar-refractivity contribution in [1.29, 1.82) is 0 Å². The van der Waals surface area contributed by atoms with E-state index in [1.807, 2.05) is 6.07 Å². The van der Waals surface area contributed by atoms with Crippen LogP contribution in [0.2, 0.25) is 0 Å². The number of fused-ring (bicyclic) bond motifs is 9. The summed E-state index contributed by atoms with van der Waals surface area (Å²) in [5.41, 5.74) is 12.8. The molecular weight excluding hydrogens is 707 g/mol. The summed E-state index contributed by atoms with van der Waals surface area (Å²) in [6, 6.07) is 49.3. The number of amidine groups is 1. The average Bonchev–Trinajstić information content (AvgIpc) is 3.80. The number of hydrogen-bond donors (Lipinski definition) is 1. The SMILES string of the molecule is C1=CCC(N2c3cc4c(cc3C3c5ccccc5C=CC32)C2C=CC=CC2N4c2ccc(C3N=C(c4ccccc4)[N-]C(c4ccccc4)N3)c3ccccc23)C=C1. The van der Waals surface area contributed by atoms with Crippen LogP contribution in [0, 0.1) is 0 Å². The summed E-state index contributed by atoms with van der Waals surface area (Å²) in [6.07, 6.45) is 23.7. The van der Waals surface area contributed by atoms with Gasteiger partial charge in [-0.1, -0.05) is 188 Å². The van der Waals surface area contributed by atoms with Gasteiger partial charge >= 0.3 is 0 Å². The average molecular weight is 749 g/mol. The molecule has 0 saturated carbocycles. The molecule has 7 atom stereocenters. The molecule has 280 valence electrons. The minimum atomic E-state index is -0.290. The molecule has 5 heteroatoms. The van der Waals surface area contributed by atoms with Crippen LogP contribution in [0.5, 0.6) is 0 Å². The number of benzene rings is 6. The van der Waals surface area contributed by atoms with Gasteiger partial charge in [-0.25, -0.2) is 0 Å². The van der Waals surface area contributed by atoms with Gasteiger partial charge in [0, 0.05) is 46.6 Å². The van der Waals surface area contributed by atoms with Crippen LogP contribution in [0.3, 0.4) is 0 Å². The summed E-state index contributed by atoms with van der Waals surface area (Å²) in [6.45, 7) is 0. The quantitative estimate of drug-likeness (QED) is 0.191. The molecule has 3 aliphatic heterocycles. The predicted octanol–water partition coefficient (Wildman–Crippen LogP) is 11.9. The number of nitrogens with zero attached hydrogens (tertiary/aromatic N) is 4. The Morgan fingerprint density at radius 1 is 0.586 bits per heavy atom. The third-order valence-electron chi connectivity index (χ3n) is 13.0. The smallest absolute Gasteiger partial charge is 0.0629 e. The normalized spacial score (nSPS) is 25.8. The summed E-state index contributed by atoms with van der Waals surface area (Å²) in [4.78, 5) is 10.6. The monoisotopic (exact) mass is 748 g/mol. The number of aliphatic imine (C=N–C) groups is 1. The topological polar surface area (TPSA) is 45.0 Å². The van der Waals surface area contributed by atoms with Crippen molar-refractivity contribution in [2.24, 2.45) is 4.99 Å². The fourth-order valence-electron chi connectivity index (χ4n) is 10.5. The Balaban J connectivity index is 1.01. The van der Waals surface area contributed by atoms with Gasteiger partial charge in [0.2, 0.25) is 0 Å². The second-order valence-electron chi connectivity index (χ2n) is 16.2. The number of allylic oxidation sites excluding steroid dienone is 4. The molecule has 0 aromatic heterocycles. The lowest BCUT2D eigenvalue weighted by atomic mass is 9.80. The van der Waals surface area contributed by atoms with Crippen molar-refractivity contribution >= 4 is 39.7 Å². The van der Waals surface area contributed by atoms with E-state index in [2.05, 4.69) is 203 Å². The minimum Gasteiger partial charge on any atom is -0.445 e.